The van der Waals surface area contributed by atoms with Crippen molar-refractivity contribution in [2.45, 2.75) is 0 Å². The molecule has 0 unspecified atom stereocenters. The van der Waals surface area contributed by atoms with Gasteiger partial charge in [0.25, 0.3) is 0 Å². The summed E-state index contributed by atoms with van der Waals surface area (Å²) in [4.78, 5) is 24.4. The summed E-state index contributed by atoms with van der Waals surface area (Å²) in [5.74, 6) is -1.20. The molecule has 1 rings (SSSR count). The monoisotopic (exact) mass is 229 g/mol. The first-order chi connectivity index (χ1) is 5.65. The number of pyridine rings is 1. The van der Waals surface area contributed by atoms with E-state index >= 15 is 0 Å². The van der Waals surface area contributed by atoms with Gasteiger partial charge in [0, 0.05) is 16.2 Å². The quantitative estimate of drug-likeness (QED) is 0.778. The van der Waals surface area contributed by atoms with Crippen molar-refractivity contribution in [3.63, 3.8) is 0 Å². The SMILES string of the molecule is O=Cc1cc(Br)cnc1C(=O)O. The summed E-state index contributed by atoms with van der Waals surface area (Å²) in [5, 5.41) is 8.55. The molecule has 0 aliphatic heterocycles. The molecule has 0 aromatic carbocycles. The molecule has 0 amide bonds. The zero-order valence-corrected chi connectivity index (χ0v) is 7.41. The molecule has 12 heavy (non-hydrogen) atoms. The van der Waals surface area contributed by atoms with Crippen LogP contribution in [0.15, 0.2) is 16.7 Å². The number of hydrogen-bond donors (Lipinski definition) is 1. The Morgan fingerprint density at radius 3 is 2.83 bits per heavy atom. The predicted octanol–water partition coefficient (Wildman–Crippen LogP) is 1.35. The van der Waals surface area contributed by atoms with Crippen LogP contribution in [-0.2, 0) is 0 Å². The highest BCUT2D eigenvalue weighted by atomic mass is 79.9. The zero-order chi connectivity index (χ0) is 9.14. The van der Waals surface area contributed by atoms with Crippen molar-refractivity contribution in [2.75, 3.05) is 0 Å². The molecule has 4 nitrogen and oxygen atoms in total. The van der Waals surface area contributed by atoms with E-state index in [9.17, 15) is 9.59 Å². The lowest BCUT2D eigenvalue weighted by atomic mass is 10.2. The average molecular weight is 230 g/mol. The maximum atomic E-state index is 10.5. The van der Waals surface area contributed by atoms with Crippen molar-refractivity contribution in [3.05, 3.63) is 28.0 Å². The number of aromatic carboxylic acids is 1. The Labute approximate surface area is 76.4 Å². The number of carboxylic acid groups (broad SMARTS) is 1. The van der Waals surface area contributed by atoms with E-state index in [0.717, 1.165) is 0 Å². The van der Waals surface area contributed by atoms with Crippen LogP contribution in [0.5, 0.6) is 0 Å². The highest BCUT2D eigenvalue weighted by Crippen LogP contribution is 2.12. The number of aldehydes is 1. The molecule has 0 aliphatic rings. The molecule has 1 aromatic rings. The van der Waals surface area contributed by atoms with Crippen LogP contribution in [-0.4, -0.2) is 22.3 Å². The van der Waals surface area contributed by atoms with Gasteiger partial charge in [-0.2, -0.15) is 0 Å². The Hall–Kier alpha value is -1.23. The molecule has 0 saturated heterocycles. The van der Waals surface area contributed by atoms with E-state index < -0.39 is 5.97 Å². The Kier molecular flexibility index (Phi) is 2.54. The fourth-order valence-electron chi connectivity index (χ4n) is 0.723. The molecule has 62 valence electrons. The molecule has 0 radical (unpaired) electrons. The fourth-order valence-corrected chi connectivity index (χ4v) is 1.07. The minimum absolute atomic E-state index is 0.0666. The van der Waals surface area contributed by atoms with Crippen LogP contribution < -0.4 is 0 Å². The molecule has 0 fully saturated rings. The van der Waals surface area contributed by atoms with Crippen LogP contribution in [0.25, 0.3) is 0 Å². The van der Waals surface area contributed by atoms with Crippen molar-refractivity contribution in [3.8, 4) is 0 Å². The summed E-state index contributed by atoms with van der Waals surface area (Å²) >= 11 is 3.07. The van der Waals surface area contributed by atoms with Crippen molar-refractivity contribution in [1.29, 1.82) is 0 Å². The highest BCUT2D eigenvalue weighted by molar-refractivity contribution is 9.10. The molecule has 5 heteroatoms. The Morgan fingerprint density at radius 2 is 2.33 bits per heavy atom. The van der Waals surface area contributed by atoms with Crippen LogP contribution in [0.4, 0.5) is 0 Å². The lowest BCUT2D eigenvalue weighted by Crippen LogP contribution is -2.04. The first kappa shape index (κ1) is 8.86. The van der Waals surface area contributed by atoms with E-state index in [1.165, 1.54) is 12.3 Å². The number of carbonyl (C=O) groups excluding carboxylic acids is 1. The number of hydrogen-bond acceptors (Lipinski definition) is 3. The number of carbonyl (C=O) groups is 2. The van der Waals surface area contributed by atoms with Gasteiger partial charge in [-0.25, -0.2) is 9.78 Å². The van der Waals surface area contributed by atoms with Crippen molar-refractivity contribution < 1.29 is 14.7 Å². The first-order valence-electron chi connectivity index (χ1n) is 2.99. The number of halogens is 1. The summed E-state index contributed by atoms with van der Waals surface area (Å²) in [6, 6.07) is 1.41. The van der Waals surface area contributed by atoms with E-state index in [0.29, 0.717) is 10.8 Å². The van der Waals surface area contributed by atoms with E-state index in [1.807, 2.05) is 0 Å². The van der Waals surface area contributed by atoms with Crippen LogP contribution in [0.2, 0.25) is 0 Å². The van der Waals surface area contributed by atoms with Crippen molar-refractivity contribution >= 4 is 28.2 Å². The highest BCUT2D eigenvalue weighted by Gasteiger charge is 2.10. The smallest absolute Gasteiger partial charge is 0.355 e. The predicted molar refractivity (Wildman–Crippen MR) is 44.3 cm³/mol. The molecule has 0 aliphatic carbocycles. The van der Waals surface area contributed by atoms with Crippen LogP contribution in [0, 0.1) is 0 Å². The van der Waals surface area contributed by atoms with Crippen molar-refractivity contribution in [2.24, 2.45) is 0 Å². The molecular weight excluding hydrogens is 226 g/mol. The molecule has 0 spiro atoms. The van der Waals surface area contributed by atoms with E-state index in [2.05, 4.69) is 20.9 Å². The summed E-state index contributed by atoms with van der Waals surface area (Å²) in [5.41, 5.74) is -0.162. The second-order valence-electron chi connectivity index (χ2n) is 2.01. The summed E-state index contributed by atoms with van der Waals surface area (Å²) in [6.45, 7) is 0. The molecular formula is C7H4BrNO3. The molecule has 0 bridgehead atoms. The third-order valence-corrected chi connectivity index (χ3v) is 1.65. The van der Waals surface area contributed by atoms with E-state index in [-0.39, 0.29) is 11.3 Å². The van der Waals surface area contributed by atoms with E-state index in [1.54, 1.807) is 0 Å². The topological polar surface area (TPSA) is 67.3 Å². The molecule has 1 N–H and O–H groups in total. The minimum Gasteiger partial charge on any atom is -0.476 e. The number of aromatic nitrogens is 1. The van der Waals surface area contributed by atoms with Gasteiger partial charge in [-0.15, -0.1) is 0 Å². The molecule has 1 aromatic heterocycles. The lowest BCUT2D eigenvalue weighted by Gasteiger charge is -1.97. The number of nitrogens with zero attached hydrogens (tertiary/aromatic N) is 1. The Balaban J connectivity index is 3.29. The van der Waals surface area contributed by atoms with Gasteiger partial charge in [0.1, 0.15) is 0 Å². The van der Waals surface area contributed by atoms with E-state index in [4.69, 9.17) is 5.11 Å². The Bertz CT molecular complexity index is 337. The Morgan fingerprint density at radius 1 is 1.67 bits per heavy atom. The second kappa shape index (κ2) is 3.44. The zero-order valence-electron chi connectivity index (χ0n) is 5.82. The third kappa shape index (κ3) is 1.68. The molecule has 0 atom stereocenters. The normalized spacial score (nSPS) is 9.42. The van der Waals surface area contributed by atoms with Gasteiger partial charge < -0.3 is 5.11 Å². The van der Waals surface area contributed by atoms with Crippen LogP contribution >= 0.6 is 15.9 Å². The minimum atomic E-state index is -1.20. The summed E-state index contributed by atoms with van der Waals surface area (Å²) < 4.78 is 0.578. The van der Waals surface area contributed by atoms with Gasteiger partial charge in [0.15, 0.2) is 12.0 Å². The van der Waals surface area contributed by atoms with Gasteiger partial charge in [-0.3, -0.25) is 4.79 Å². The van der Waals surface area contributed by atoms with Gasteiger partial charge in [0.05, 0.1) is 0 Å². The summed E-state index contributed by atoms with van der Waals surface area (Å²) in [6.07, 6.45) is 1.79. The van der Waals surface area contributed by atoms with Crippen LogP contribution in [0.1, 0.15) is 20.8 Å². The lowest BCUT2D eigenvalue weighted by molar-refractivity contribution is 0.0687. The van der Waals surface area contributed by atoms with Crippen LogP contribution in [0.3, 0.4) is 0 Å². The second-order valence-corrected chi connectivity index (χ2v) is 2.93. The third-order valence-electron chi connectivity index (χ3n) is 1.21. The standard InChI is InChI=1S/C7H4BrNO3/c8-5-1-4(3-10)6(7(11)12)9-2-5/h1-3H,(H,11,12). The summed E-state index contributed by atoms with van der Waals surface area (Å²) in [7, 11) is 0. The maximum Gasteiger partial charge on any atom is 0.355 e. The van der Waals surface area contributed by atoms with Gasteiger partial charge >= 0.3 is 5.97 Å². The van der Waals surface area contributed by atoms with Crippen molar-refractivity contribution in [1.82, 2.24) is 4.98 Å². The first-order valence-corrected chi connectivity index (χ1v) is 3.78. The fraction of sp³-hybridized carbons (Fsp3) is 0. The number of rotatable bonds is 2. The largest absolute Gasteiger partial charge is 0.476 e. The molecule has 0 saturated carbocycles. The average Bonchev–Trinajstić information content (AvgIpc) is 2.03. The van der Waals surface area contributed by atoms with Gasteiger partial charge in [0.2, 0.25) is 0 Å². The van der Waals surface area contributed by atoms with Gasteiger partial charge in [-0.1, -0.05) is 0 Å². The number of carboxylic acids is 1. The van der Waals surface area contributed by atoms with Gasteiger partial charge in [-0.05, 0) is 22.0 Å². The molecule has 1 heterocycles. The maximum absolute atomic E-state index is 10.5.